The van der Waals surface area contributed by atoms with Crippen molar-refractivity contribution in [2.75, 3.05) is 13.1 Å². The molecule has 1 aliphatic heterocycles. The van der Waals surface area contributed by atoms with Crippen LogP contribution in [0.1, 0.15) is 45.3 Å². The summed E-state index contributed by atoms with van der Waals surface area (Å²) in [5.41, 5.74) is 1.73. The van der Waals surface area contributed by atoms with Gasteiger partial charge in [0.25, 0.3) is 17.4 Å². The van der Waals surface area contributed by atoms with Crippen molar-refractivity contribution >= 4 is 11.8 Å². The average Bonchev–Trinajstić information content (AvgIpc) is 2.82. The van der Waals surface area contributed by atoms with E-state index in [1.165, 1.54) is 28.8 Å². The molecule has 0 aliphatic carbocycles. The molecule has 3 heterocycles. The number of nitrogens with one attached hydrogen (secondary N) is 1. The van der Waals surface area contributed by atoms with Crippen LogP contribution in [0.3, 0.4) is 0 Å². The van der Waals surface area contributed by atoms with Crippen LogP contribution in [-0.2, 0) is 13.0 Å². The highest BCUT2D eigenvalue weighted by molar-refractivity contribution is 5.96. The summed E-state index contributed by atoms with van der Waals surface area (Å²) in [6, 6.07) is 10.6. The Balaban J connectivity index is 1.78. The van der Waals surface area contributed by atoms with Crippen LogP contribution in [0.4, 0.5) is 4.39 Å². The average molecular weight is 434 g/mol. The van der Waals surface area contributed by atoms with E-state index in [9.17, 15) is 18.8 Å². The third-order valence-corrected chi connectivity index (χ3v) is 5.44. The first-order valence-corrected chi connectivity index (χ1v) is 10.5. The van der Waals surface area contributed by atoms with E-state index in [1.807, 2.05) is 6.92 Å². The fraction of sp³-hybridized carbons (Fsp3) is 0.250. The van der Waals surface area contributed by atoms with E-state index in [2.05, 4.69) is 10.3 Å². The van der Waals surface area contributed by atoms with Crippen LogP contribution in [0.5, 0.6) is 0 Å². The van der Waals surface area contributed by atoms with E-state index in [0.717, 1.165) is 6.42 Å². The summed E-state index contributed by atoms with van der Waals surface area (Å²) in [5, 5.41) is 2.78. The maximum absolute atomic E-state index is 13.4. The van der Waals surface area contributed by atoms with Crippen LogP contribution in [0.25, 0.3) is 5.69 Å². The van der Waals surface area contributed by atoms with Gasteiger partial charge in [-0.3, -0.25) is 23.9 Å². The maximum atomic E-state index is 13.4. The van der Waals surface area contributed by atoms with Gasteiger partial charge in [-0.15, -0.1) is 0 Å². The first-order chi connectivity index (χ1) is 15.5. The van der Waals surface area contributed by atoms with Crippen molar-refractivity contribution in [3.63, 3.8) is 0 Å². The van der Waals surface area contributed by atoms with Gasteiger partial charge in [-0.05, 0) is 60.4 Å². The minimum atomic E-state index is -0.464. The Hall–Kier alpha value is -3.81. The molecule has 4 rings (SSSR count). The normalized spacial score (nSPS) is 12.9. The molecule has 3 aromatic rings. The lowest BCUT2D eigenvalue weighted by atomic mass is 9.95. The van der Waals surface area contributed by atoms with Crippen molar-refractivity contribution in [3.05, 3.63) is 93.4 Å². The predicted molar refractivity (Wildman–Crippen MR) is 117 cm³/mol. The number of benzene rings is 1. The molecule has 2 amide bonds. The Bertz CT molecular complexity index is 1210. The number of halogens is 1. The number of aromatic nitrogens is 2. The highest BCUT2D eigenvalue weighted by Crippen LogP contribution is 2.23. The summed E-state index contributed by atoms with van der Waals surface area (Å²) in [5.74, 6) is -1.07. The second kappa shape index (κ2) is 9.13. The van der Waals surface area contributed by atoms with Gasteiger partial charge in [0.1, 0.15) is 17.1 Å². The number of nitrogens with zero attached hydrogens (tertiary/aromatic N) is 3. The standard InChI is InChI=1S/C24H23FN4O3/c1-2-11-27-22(30)21-19-10-13-28(23(31)20-5-3-4-12-26-20)14-16(19)15-29(24(21)32)18-8-6-17(25)7-9-18/h3-9,12,15H,2,10-11,13-14H2,1H3,(H,27,30). The van der Waals surface area contributed by atoms with Crippen molar-refractivity contribution < 1.29 is 14.0 Å². The molecule has 0 radical (unpaired) electrons. The summed E-state index contributed by atoms with van der Waals surface area (Å²) in [6.45, 7) is 2.98. The summed E-state index contributed by atoms with van der Waals surface area (Å²) < 4.78 is 14.8. The minimum Gasteiger partial charge on any atom is -0.352 e. The van der Waals surface area contributed by atoms with Gasteiger partial charge in [-0.1, -0.05) is 13.0 Å². The predicted octanol–water partition coefficient (Wildman–Crippen LogP) is 2.71. The summed E-state index contributed by atoms with van der Waals surface area (Å²) >= 11 is 0. The van der Waals surface area contributed by atoms with Crippen molar-refractivity contribution in [1.82, 2.24) is 19.8 Å². The van der Waals surface area contributed by atoms with Gasteiger partial charge < -0.3 is 10.2 Å². The van der Waals surface area contributed by atoms with Gasteiger partial charge in [-0.25, -0.2) is 4.39 Å². The molecule has 32 heavy (non-hydrogen) atoms. The van der Waals surface area contributed by atoms with Crippen LogP contribution >= 0.6 is 0 Å². The largest absolute Gasteiger partial charge is 0.352 e. The molecule has 0 saturated carbocycles. The number of hydrogen-bond donors (Lipinski definition) is 1. The first-order valence-electron chi connectivity index (χ1n) is 10.5. The molecule has 164 valence electrons. The molecular formula is C24H23FN4O3. The van der Waals surface area contributed by atoms with E-state index in [1.54, 1.807) is 35.5 Å². The Kier molecular flexibility index (Phi) is 6.11. The molecule has 8 heteroatoms. The first kappa shape index (κ1) is 21.4. The van der Waals surface area contributed by atoms with Gasteiger partial charge in [0.15, 0.2) is 0 Å². The molecule has 0 spiro atoms. The number of hydrogen-bond acceptors (Lipinski definition) is 4. The number of pyridine rings is 2. The minimum absolute atomic E-state index is 0.0743. The highest BCUT2D eigenvalue weighted by Gasteiger charge is 2.29. The fourth-order valence-electron chi connectivity index (χ4n) is 3.83. The van der Waals surface area contributed by atoms with Gasteiger partial charge in [0.2, 0.25) is 0 Å². The van der Waals surface area contributed by atoms with Crippen molar-refractivity contribution in [1.29, 1.82) is 0 Å². The number of fused-ring (bicyclic) bond motifs is 1. The van der Waals surface area contributed by atoms with E-state index in [0.29, 0.717) is 42.0 Å². The number of amides is 2. The van der Waals surface area contributed by atoms with Gasteiger partial charge >= 0.3 is 0 Å². The lowest BCUT2D eigenvalue weighted by molar-refractivity contribution is 0.0728. The van der Waals surface area contributed by atoms with Crippen molar-refractivity contribution in [2.45, 2.75) is 26.3 Å². The van der Waals surface area contributed by atoms with Crippen LogP contribution in [-0.4, -0.2) is 39.4 Å². The zero-order valence-electron chi connectivity index (χ0n) is 17.7. The Morgan fingerprint density at radius 1 is 1.16 bits per heavy atom. The quantitative estimate of drug-likeness (QED) is 0.669. The Morgan fingerprint density at radius 3 is 2.62 bits per heavy atom. The number of rotatable bonds is 5. The SMILES string of the molecule is CCCNC(=O)c1c2c(cn(-c3ccc(F)cc3)c1=O)CN(C(=O)c1ccccn1)CC2. The lowest BCUT2D eigenvalue weighted by Crippen LogP contribution is -2.41. The molecule has 2 aromatic heterocycles. The summed E-state index contributed by atoms with van der Waals surface area (Å²) in [4.78, 5) is 44.9. The second-order valence-electron chi connectivity index (χ2n) is 7.61. The maximum Gasteiger partial charge on any atom is 0.272 e. The van der Waals surface area contributed by atoms with Gasteiger partial charge in [0, 0.05) is 37.7 Å². The summed E-state index contributed by atoms with van der Waals surface area (Å²) in [7, 11) is 0. The lowest BCUT2D eigenvalue weighted by Gasteiger charge is -2.30. The smallest absolute Gasteiger partial charge is 0.272 e. The molecule has 0 saturated heterocycles. The number of carbonyl (C=O) groups excluding carboxylic acids is 2. The molecule has 0 unspecified atom stereocenters. The Morgan fingerprint density at radius 2 is 1.94 bits per heavy atom. The number of carbonyl (C=O) groups is 2. The zero-order chi connectivity index (χ0) is 22.7. The van der Waals surface area contributed by atoms with E-state index in [-0.39, 0.29) is 18.0 Å². The molecule has 0 bridgehead atoms. The molecule has 0 atom stereocenters. The second-order valence-corrected chi connectivity index (χ2v) is 7.61. The topological polar surface area (TPSA) is 84.3 Å². The molecule has 1 aliphatic rings. The fourth-order valence-corrected chi connectivity index (χ4v) is 3.83. The van der Waals surface area contributed by atoms with Crippen LogP contribution in [0, 0.1) is 5.82 Å². The van der Waals surface area contributed by atoms with E-state index >= 15 is 0 Å². The molecule has 0 fully saturated rings. The molecule has 1 aromatic carbocycles. The van der Waals surface area contributed by atoms with Gasteiger partial charge in [0.05, 0.1) is 0 Å². The van der Waals surface area contributed by atoms with E-state index < -0.39 is 17.3 Å². The van der Waals surface area contributed by atoms with E-state index in [4.69, 9.17) is 0 Å². The van der Waals surface area contributed by atoms with Crippen molar-refractivity contribution in [3.8, 4) is 5.69 Å². The third kappa shape index (κ3) is 4.16. The molecule has 7 nitrogen and oxygen atoms in total. The van der Waals surface area contributed by atoms with Crippen LogP contribution in [0.2, 0.25) is 0 Å². The van der Waals surface area contributed by atoms with Crippen molar-refractivity contribution in [2.24, 2.45) is 0 Å². The van der Waals surface area contributed by atoms with Crippen LogP contribution in [0.15, 0.2) is 59.7 Å². The highest BCUT2D eigenvalue weighted by atomic mass is 19.1. The zero-order valence-corrected chi connectivity index (χ0v) is 17.7. The molecule has 1 N–H and O–H groups in total. The van der Waals surface area contributed by atoms with Crippen LogP contribution < -0.4 is 10.9 Å². The molecular weight excluding hydrogens is 411 g/mol. The Labute approximate surface area is 184 Å². The third-order valence-electron chi connectivity index (χ3n) is 5.44. The monoisotopic (exact) mass is 434 g/mol. The van der Waals surface area contributed by atoms with Gasteiger partial charge in [-0.2, -0.15) is 0 Å². The summed E-state index contributed by atoms with van der Waals surface area (Å²) in [6.07, 6.45) is 4.31.